The number of para-hydroxylation sites is 3. The second kappa shape index (κ2) is 16.7. The lowest BCUT2D eigenvalue weighted by Crippen LogP contribution is -2.13. The van der Waals surface area contributed by atoms with Crippen LogP contribution in [0.4, 0.5) is 17.1 Å². The first kappa shape index (κ1) is 37.9. The van der Waals surface area contributed by atoms with Gasteiger partial charge in [-0.15, -0.1) is 0 Å². The van der Waals surface area contributed by atoms with Gasteiger partial charge in [-0.25, -0.2) is 9.97 Å². The molecule has 0 saturated carbocycles. The number of fused-ring (bicyclic) bond motifs is 3. The molecule has 10 rings (SSSR count). The minimum Gasteiger partial charge on any atom is -0.309 e. The predicted octanol–water partition coefficient (Wildman–Crippen LogP) is 15.5. The van der Waals surface area contributed by atoms with E-state index in [2.05, 4.69) is 211 Å². The molecule has 0 saturated heterocycles. The molecule has 294 valence electrons. The maximum absolute atomic E-state index is 5.27. The average Bonchev–Trinajstić information content (AvgIpc) is 3.69. The van der Waals surface area contributed by atoms with Crippen LogP contribution < -0.4 is 4.90 Å². The molecule has 4 nitrogen and oxygen atoms in total. The number of nitrogens with zero attached hydrogens (tertiary/aromatic N) is 4. The number of rotatable bonds is 11. The molecule has 0 unspecified atom stereocenters. The van der Waals surface area contributed by atoms with Crippen molar-refractivity contribution >= 4 is 44.4 Å². The molecule has 0 spiro atoms. The zero-order valence-electron chi connectivity index (χ0n) is 34.1. The maximum atomic E-state index is 5.27. The standard InChI is InChI=1S/C58H42N4/c1-3-21-41(4-2)53-40-54(44-26-13-7-14-27-44)60-58(59-53)45-38-51(42-22-9-5-10-23-42)57(52(39-45)43-24-11-6-12-25-43)61(46-28-15-8-16-29-46)47-34-36-48(37-35-47)62-55-32-19-17-30-49(55)50-31-18-20-33-56(50)62/h3-40H,1-2H2/b41-21+. The fourth-order valence-electron chi connectivity index (χ4n) is 8.48. The number of hydrogen-bond acceptors (Lipinski definition) is 3. The minimum atomic E-state index is 0.612. The van der Waals surface area contributed by atoms with Crippen LogP contribution in [0.3, 0.4) is 0 Å². The van der Waals surface area contributed by atoms with Crippen LogP contribution in [0.25, 0.3) is 78.0 Å². The molecule has 62 heavy (non-hydrogen) atoms. The quantitative estimate of drug-likeness (QED) is 0.122. The Morgan fingerprint density at radius 2 is 0.952 bits per heavy atom. The highest BCUT2D eigenvalue weighted by molar-refractivity contribution is 6.09. The molecule has 0 aliphatic rings. The van der Waals surface area contributed by atoms with Crippen molar-refractivity contribution in [2.24, 2.45) is 0 Å². The lowest BCUT2D eigenvalue weighted by molar-refractivity contribution is 1.16. The summed E-state index contributed by atoms with van der Waals surface area (Å²) in [5, 5.41) is 2.47. The van der Waals surface area contributed by atoms with Gasteiger partial charge in [0.05, 0.1) is 28.1 Å². The Bertz CT molecular complexity index is 3130. The maximum Gasteiger partial charge on any atom is 0.160 e. The van der Waals surface area contributed by atoms with Crippen LogP contribution in [0.5, 0.6) is 0 Å². The molecule has 0 atom stereocenters. The summed E-state index contributed by atoms with van der Waals surface area (Å²) in [6, 6.07) is 74.9. The number of benzene rings is 8. The highest BCUT2D eigenvalue weighted by Gasteiger charge is 2.25. The Labute approximate surface area is 362 Å². The monoisotopic (exact) mass is 794 g/mol. The smallest absolute Gasteiger partial charge is 0.160 e. The van der Waals surface area contributed by atoms with Crippen LogP contribution in [-0.2, 0) is 0 Å². The third-order valence-electron chi connectivity index (χ3n) is 11.3. The summed E-state index contributed by atoms with van der Waals surface area (Å²) in [7, 11) is 0. The molecule has 0 amide bonds. The van der Waals surface area contributed by atoms with Crippen molar-refractivity contribution in [2.75, 3.05) is 4.90 Å². The van der Waals surface area contributed by atoms with Crippen molar-refractivity contribution < 1.29 is 0 Å². The van der Waals surface area contributed by atoms with Gasteiger partial charge in [0.2, 0.25) is 0 Å². The van der Waals surface area contributed by atoms with Gasteiger partial charge in [0.15, 0.2) is 5.82 Å². The van der Waals surface area contributed by atoms with Crippen LogP contribution in [-0.4, -0.2) is 14.5 Å². The first-order chi connectivity index (χ1) is 30.7. The highest BCUT2D eigenvalue weighted by atomic mass is 15.1. The summed E-state index contributed by atoms with van der Waals surface area (Å²) >= 11 is 0. The van der Waals surface area contributed by atoms with Crippen molar-refractivity contribution in [1.82, 2.24) is 14.5 Å². The second-order valence-electron chi connectivity index (χ2n) is 15.1. The molecular formula is C58H42N4. The van der Waals surface area contributed by atoms with Gasteiger partial charge in [-0.1, -0.05) is 177 Å². The normalized spacial score (nSPS) is 11.5. The fraction of sp³-hybridized carbons (Fsp3) is 0. The van der Waals surface area contributed by atoms with Crippen molar-refractivity contribution in [3.05, 3.63) is 249 Å². The molecule has 2 heterocycles. The summed E-state index contributed by atoms with van der Waals surface area (Å²) < 4.78 is 2.36. The van der Waals surface area contributed by atoms with Gasteiger partial charge in [-0.3, -0.25) is 0 Å². The first-order valence-electron chi connectivity index (χ1n) is 20.8. The number of anilines is 3. The Hall–Kier alpha value is -8.34. The van der Waals surface area contributed by atoms with E-state index in [4.69, 9.17) is 9.97 Å². The van der Waals surface area contributed by atoms with E-state index in [9.17, 15) is 0 Å². The lowest BCUT2D eigenvalue weighted by atomic mass is 9.91. The van der Waals surface area contributed by atoms with Crippen LogP contribution >= 0.6 is 0 Å². The SMILES string of the molecule is C=C/C=C(\C=C)c1cc(-c2ccccc2)nc(-c2cc(-c3ccccc3)c(N(c3ccccc3)c3ccc(-n4c5ccccc5c5ccccc54)cc3)c(-c3ccccc3)c2)n1. The predicted molar refractivity (Wildman–Crippen MR) is 261 cm³/mol. The van der Waals surface area contributed by atoms with Crippen LogP contribution in [0.15, 0.2) is 244 Å². The summed E-state index contributed by atoms with van der Waals surface area (Å²) in [6.45, 7) is 8.09. The van der Waals surface area contributed by atoms with Crippen LogP contribution in [0, 0.1) is 0 Å². The molecule has 2 aromatic heterocycles. The van der Waals surface area contributed by atoms with E-state index in [1.165, 1.54) is 21.8 Å². The second-order valence-corrected chi connectivity index (χ2v) is 15.1. The number of hydrogen-bond donors (Lipinski definition) is 0. The molecule has 0 aliphatic heterocycles. The van der Waals surface area contributed by atoms with Crippen molar-refractivity contribution in [3.63, 3.8) is 0 Å². The Morgan fingerprint density at radius 3 is 1.48 bits per heavy atom. The number of allylic oxidation sites excluding steroid dienone is 4. The van der Waals surface area contributed by atoms with E-state index in [-0.39, 0.29) is 0 Å². The van der Waals surface area contributed by atoms with Gasteiger partial charge in [-0.05, 0) is 83.4 Å². The Balaban J connectivity index is 1.24. The largest absolute Gasteiger partial charge is 0.309 e. The van der Waals surface area contributed by atoms with Gasteiger partial charge in [0.1, 0.15) is 0 Å². The van der Waals surface area contributed by atoms with E-state index in [1.54, 1.807) is 6.08 Å². The van der Waals surface area contributed by atoms with Gasteiger partial charge in [0.25, 0.3) is 0 Å². The zero-order chi connectivity index (χ0) is 41.8. The van der Waals surface area contributed by atoms with E-state index in [1.807, 2.05) is 36.4 Å². The average molecular weight is 795 g/mol. The van der Waals surface area contributed by atoms with Crippen LogP contribution in [0.2, 0.25) is 0 Å². The molecule has 0 fully saturated rings. The zero-order valence-corrected chi connectivity index (χ0v) is 34.1. The van der Waals surface area contributed by atoms with Crippen molar-refractivity contribution in [3.8, 4) is 50.6 Å². The summed E-state index contributed by atoms with van der Waals surface area (Å²) in [4.78, 5) is 12.9. The van der Waals surface area contributed by atoms with Gasteiger partial charge >= 0.3 is 0 Å². The van der Waals surface area contributed by atoms with E-state index in [0.717, 1.165) is 73.1 Å². The van der Waals surface area contributed by atoms with Gasteiger partial charge in [-0.2, -0.15) is 0 Å². The first-order valence-corrected chi connectivity index (χ1v) is 20.8. The lowest BCUT2D eigenvalue weighted by Gasteiger charge is -2.31. The van der Waals surface area contributed by atoms with Gasteiger partial charge in [0, 0.05) is 50.1 Å². The molecule has 0 bridgehead atoms. The molecule has 0 radical (unpaired) electrons. The van der Waals surface area contributed by atoms with Crippen molar-refractivity contribution in [1.29, 1.82) is 0 Å². The topological polar surface area (TPSA) is 34.0 Å². The third kappa shape index (κ3) is 7.10. The molecular weight excluding hydrogens is 753 g/mol. The van der Waals surface area contributed by atoms with Crippen molar-refractivity contribution in [2.45, 2.75) is 0 Å². The van der Waals surface area contributed by atoms with E-state index < -0.39 is 0 Å². The fourth-order valence-corrected chi connectivity index (χ4v) is 8.48. The molecule has 10 aromatic rings. The molecule has 0 N–H and O–H groups in total. The third-order valence-corrected chi connectivity index (χ3v) is 11.3. The summed E-state index contributed by atoms with van der Waals surface area (Å²) in [5.41, 5.74) is 15.1. The van der Waals surface area contributed by atoms with Crippen LogP contribution in [0.1, 0.15) is 5.69 Å². The molecule has 0 aliphatic carbocycles. The minimum absolute atomic E-state index is 0.612. The van der Waals surface area contributed by atoms with Gasteiger partial charge < -0.3 is 9.47 Å². The summed E-state index contributed by atoms with van der Waals surface area (Å²) in [5.74, 6) is 0.612. The summed E-state index contributed by atoms with van der Waals surface area (Å²) in [6.07, 6.45) is 5.53. The number of aromatic nitrogens is 3. The highest BCUT2D eigenvalue weighted by Crippen LogP contribution is 2.49. The molecule has 8 aromatic carbocycles. The molecule has 4 heteroatoms. The Morgan fingerprint density at radius 1 is 0.468 bits per heavy atom. The Kier molecular flexibility index (Phi) is 10.2. The van der Waals surface area contributed by atoms with E-state index in [0.29, 0.717) is 5.82 Å². The van der Waals surface area contributed by atoms with E-state index >= 15 is 0 Å².